The molecule has 39 heavy (non-hydrogen) atoms. The van der Waals surface area contributed by atoms with Crippen molar-refractivity contribution in [3.8, 4) is 70.0 Å². The van der Waals surface area contributed by atoms with E-state index in [2.05, 4.69) is 35.5 Å². The molecule has 0 aliphatic rings. The molecule has 0 spiro atoms. The van der Waals surface area contributed by atoms with Crippen LogP contribution in [0.25, 0.3) is 0 Å². The van der Waals surface area contributed by atoms with Crippen LogP contribution in [0.5, 0.6) is 34.5 Å². The summed E-state index contributed by atoms with van der Waals surface area (Å²) in [5, 5.41) is 29.5. The molecule has 6 heteroatoms. The van der Waals surface area contributed by atoms with E-state index in [-0.39, 0.29) is 17.2 Å². The number of phenolic OH excluding ortho intramolecular Hbond substituents is 3. The Bertz CT molecular complexity index is 1500. The molecule has 0 unspecified atom stereocenters. The van der Waals surface area contributed by atoms with Crippen molar-refractivity contribution in [2.24, 2.45) is 0 Å². The first-order chi connectivity index (χ1) is 18.9. The molecule has 0 aliphatic carbocycles. The average molecular weight is 517 g/mol. The average Bonchev–Trinajstić information content (AvgIpc) is 2.95. The summed E-state index contributed by atoms with van der Waals surface area (Å²) in [6.07, 6.45) is 0. The third-order valence-electron chi connectivity index (χ3n) is 5.53. The number of methoxy groups -OCH3 is 3. The molecule has 0 saturated carbocycles. The molecule has 6 nitrogen and oxygen atoms in total. The summed E-state index contributed by atoms with van der Waals surface area (Å²) in [4.78, 5) is 0. The van der Waals surface area contributed by atoms with E-state index in [1.807, 2.05) is 18.2 Å². The van der Waals surface area contributed by atoms with Crippen molar-refractivity contribution in [1.82, 2.24) is 0 Å². The predicted molar refractivity (Wildman–Crippen MR) is 148 cm³/mol. The van der Waals surface area contributed by atoms with Gasteiger partial charge in [0, 0.05) is 33.4 Å². The molecule has 0 radical (unpaired) electrons. The molecule has 4 rings (SSSR count). The highest BCUT2D eigenvalue weighted by atomic mass is 16.5. The van der Waals surface area contributed by atoms with Gasteiger partial charge < -0.3 is 29.5 Å². The molecule has 0 atom stereocenters. The third kappa shape index (κ3) is 6.77. The number of aromatic hydroxyl groups is 3. The second kappa shape index (κ2) is 12.1. The van der Waals surface area contributed by atoms with Crippen molar-refractivity contribution >= 4 is 0 Å². The third-order valence-corrected chi connectivity index (χ3v) is 5.53. The Balaban J connectivity index is 1.75. The van der Waals surface area contributed by atoms with Crippen LogP contribution in [-0.2, 0) is 0 Å². The number of rotatable bonds is 3. The number of ether oxygens (including phenoxy) is 3. The van der Waals surface area contributed by atoms with Crippen LogP contribution in [0.3, 0.4) is 0 Å². The maximum absolute atomic E-state index is 9.85. The molecule has 0 aliphatic heterocycles. The molecule has 3 N–H and O–H groups in total. The van der Waals surface area contributed by atoms with Gasteiger partial charge >= 0.3 is 0 Å². The minimum atomic E-state index is 0.0367. The van der Waals surface area contributed by atoms with Gasteiger partial charge in [-0.3, -0.25) is 0 Å². The second-order valence-corrected chi connectivity index (χ2v) is 8.21. The first-order valence-electron chi connectivity index (χ1n) is 11.7. The molecular formula is C33H24O6. The van der Waals surface area contributed by atoms with E-state index >= 15 is 0 Å². The van der Waals surface area contributed by atoms with Crippen molar-refractivity contribution in [1.29, 1.82) is 0 Å². The maximum Gasteiger partial charge on any atom is 0.161 e. The molecule has 0 amide bonds. The summed E-state index contributed by atoms with van der Waals surface area (Å²) in [7, 11) is 4.44. The number of phenols is 3. The van der Waals surface area contributed by atoms with Gasteiger partial charge in [-0.25, -0.2) is 0 Å². The van der Waals surface area contributed by atoms with Gasteiger partial charge in [-0.1, -0.05) is 35.5 Å². The van der Waals surface area contributed by atoms with Crippen LogP contribution in [0.15, 0.2) is 72.8 Å². The predicted octanol–water partition coefficient (Wildman–Crippen LogP) is 5.03. The number of benzene rings is 4. The van der Waals surface area contributed by atoms with Gasteiger partial charge in [-0.15, -0.1) is 0 Å². The van der Waals surface area contributed by atoms with Crippen LogP contribution in [0, 0.1) is 35.5 Å². The summed E-state index contributed by atoms with van der Waals surface area (Å²) in [6, 6.07) is 20.2. The van der Waals surface area contributed by atoms with Crippen LogP contribution >= 0.6 is 0 Å². The van der Waals surface area contributed by atoms with Gasteiger partial charge in [-0.2, -0.15) is 0 Å². The number of hydrogen-bond acceptors (Lipinski definition) is 6. The Hall–Kier alpha value is -5.64. The lowest BCUT2D eigenvalue weighted by atomic mass is 10.0. The SMILES string of the molecule is COc1cc(C#Cc2cc(C#Cc3ccc(O)c(OC)c3)cc(C#Cc3ccc(O)c(OC)c3)c2)ccc1O. The van der Waals surface area contributed by atoms with Crippen LogP contribution in [0.2, 0.25) is 0 Å². The zero-order valence-corrected chi connectivity index (χ0v) is 21.5. The van der Waals surface area contributed by atoms with E-state index in [1.165, 1.54) is 39.5 Å². The summed E-state index contributed by atoms with van der Waals surface area (Å²) < 4.78 is 15.5. The van der Waals surface area contributed by atoms with E-state index < -0.39 is 0 Å². The van der Waals surface area contributed by atoms with Crippen LogP contribution in [-0.4, -0.2) is 36.6 Å². The Morgan fingerprint density at radius 3 is 0.897 bits per heavy atom. The van der Waals surface area contributed by atoms with Gasteiger partial charge in [0.15, 0.2) is 34.5 Å². The number of hydrogen-bond donors (Lipinski definition) is 3. The lowest BCUT2D eigenvalue weighted by Gasteiger charge is -2.03. The summed E-state index contributed by atoms with van der Waals surface area (Å²) >= 11 is 0. The fourth-order valence-electron chi connectivity index (χ4n) is 3.54. The Morgan fingerprint density at radius 1 is 0.385 bits per heavy atom. The topological polar surface area (TPSA) is 88.4 Å². The van der Waals surface area contributed by atoms with Gasteiger partial charge in [0.1, 0.15) is 0 Å². The largest absolute Gasteiger partial charge is 0.504 e. The zero-order valence-electron chi connectivity index (χ0n) is 21.5. The standard InChI is InChI=1S/C33H24O6/c1-37-31-19-22(10-13-28(31)34)4-7-25-16-26(8-5-23-11-14-29(35)32(20-23)38-2)18-27(17-25)9-6-24-12-15-30(36)33(21-24)39-3/h10-21,34-36H,1-3H3. The molecule has 0 bridgehead atoms. The van der Waals surface area contributed by atoms with Gasteiger partial charge in [0.05, 0.1) is 21.3 Å². The minimum Gasteiger partial charge on any atom is -0.504 e. The first-order valence-corrected chi connectivity index (χ1v) is 11.7. The smallest absolute Gasteiger partial charge is 0.161 e. The van der Waals surface area contributed by atoms with Crippen molar-refractivity contribution in [3.05, 3.63) is 106 Å². The van der Waals surface area contributed by atoms with E-state index in [0.29, 0.717) is 50.6 Å². The molecule has 4 aromatic rings. The van der Waals surface area contributed by atoms with Gasteiger partial charge in [-0.05, 0) is 72.8 Å². The second-order valence-electron chi connectivity index (χ2n) is 8.21. The summed E-state index contributed by atoms with van der Waals surface area (Å²) in [6.45, 7) is 0. The van der Waals surface area contributed by atoms with E-state index in [0.717, 1.165) is 0 Å². The van der Waals surface area contributed by atoms with Gasteiger partial charge in [0.25, 0.3) is 0 Å². The van der Waals surface area contributed by atoms with E-state index in [9.17, 15) is 15.3 Å². The Labute approximate surface area is 227 Å². The van der Waals surface area contributed by atoms with Crippen molar-refractivity contribution in [2.75, 3.05) is 21.3 Å². The molecule has 0 heterocycles. The van der Waals surface area contributed by atoms with E-state index in [1.54, 1.807) is 36.4 Å². The molecule has 0 aromatic heterocycles. The fraction of sp³-hybridized carbons (Fsp3) is 0.0909. The Kier molecular flexibility index (Phi) is 8.17. The van der Waals surface area contributed by atoms with Gasteiger partial charge in [0.2, 0.25) is 0 Å². The lowest BCUT2D eigenvalue weighted by Crippen LogP contribution is -1.87. The van der Waals surface area contributed by atoms with Crippen LogP contribution in [0.4, 0.5) is 0 Å². The van der Waals surface area contributed by atoms with Crippen LogP contribution < -0.4 is 14.2 Å². The zero-order chi connectivity index (χ0) is 27.8. The highest BCUT2D eigenvalue weighted by Crippen LogP contribution is 2.27. The Morgan fingerprint density at radius 2 is 0.641 bits per heavy atom. The van der Waals surface area contributed by atoms with Crippen molar-refractivity contribution < 1.29 is 29.5 Å². The minimum absolute atomic E-state index is 0.0367. The molecule has 4 aromatic carbocycles. The quantitative estimate of drug-likeness (QED) is 0.331. The summed E-state index contributed by atoms with van der Waals surface area (Å²) in [5.74, 6) is 19.8. The highest BCUT2D eigenvalue weighted by Gasteiger charge is 2.04. The van der Waals surface area contributed by atoms with Crippen LogP contribution in [0.1, 0.15) is 33.4 Å². The molecular weight excluding hydrogens is 492 g/mol. The normalized spacial score (nSPS) is 9.62. The molecule has 192 valence electrons. The van der Waals surface area contributed by atoms with E-state index in [4.69, 9.17) is 14.2 Å². The van der Waals surface area contributed by atoms with Crippen molar-refractivity contribution in [3.63, 3.8) is 0 Å². The van der Waals surface area contributed by atoms with Crippen molar-refractivity contribution in [2.45, 2.75) is 0 Å². The summed E-state index contributed by atoms with van der Waals surface area (Å²) in [5.41, 5.74) is 4.06. The molecule has 0 fully saturated rings. The monoisotopic (exact) mass is 516 g/mol. The fourth-order valence-corrected chi connectivity index (χ4v) is 3.54. The lowest BCUT2D eigenvalue weighted by molar-refractivity contribution is 0.373. The maximum atomic E-state index is 9.85. The first kappa shape index (κ1) is 26.4. The molecule has 0 saturated heterocycles. The highest BCUT2D eigenvalue weighted by molar-refractivity contribution is 5.57.